The molecule has 6 heteroatoms. The lowest BCUT2D eigenvalue weighted by Crippen LogP contribution is -2.55. The highest BCUT2D eigenvalue weighted by Gasteiger charge is 2.27. The fourth-order valence-corrected chi connectivity index (χ4v) is 4.73. The first-order valence-electron chi connectivity index (χ1n) is 11.8. The molecule has 6 nitrogen and oxygen atoms in total. The van der Waals surface area contributed by atoms with Gasteiger partial charge in [-0.1, -0.05) is 60.7 Å². The number of rotatable bonds is 6. The quantitative estimate of drug-likeness (QED) is 0.733. The molecule has 0 unspecified atom stereocenters. The van der Waals surface area contributed by atoms with Crippen LogP contribution in [-0.2, 0) is 11.3 Å². The van der Waals surface area contributed by atoms with E-state index in [-0.39, 0.29) is 18.0 Å². The van der Waals surface area contributed by atoms with Crippen molar-refractivity contribution in [3.05, 3.63) is 71.8 Å². The van der Waals surface area contributed by atoms with Crippen molar-refractivity contribution in [3.8, 4) is 0 Å². The Kier molecular flexibility index (Phi) is 7.77. The maximum absolute atomic E-state index is 12.7. The molecule has 2 aromatic rings. The van der Waals surface area contributed by atoms with Crippen molar-refractivity contribution in [1.82, 2.24) is 20.4 Å². The van der Waals surface area contributed by atoms with E-state index in [0.29, 0.717) is 32.1 Å². The Morgan fingerprint density at radius 1 is 0.812 bits per heavy atom. The highest BCUT2D eigenvalue weighted by Crippen LogP contribution is 2.32. The summed E-state index contributed by atoms with van der Waals surface area (Å²) in [5.41, 5.74) is 2.52. The molecule has 0 radical (unpaired) electrons. The van der Waals surface area contributed by atoms with Crippen LogP contribution in [0.3, 0.4) is 0 Å². The third kappa shape index (κ3) is 6.33. The number of hydrogen-bond acceptors (Lipinski definition) is 3. The van der Waals surface area contributed by atoms with E-state index < -0.39 is 0 Å². The summed E-state index contributed by atoms with van der Waals surface area (Å²) in [7, 11) is 0. The predicted octanol–water partition coefficient (Wildman–Crippen LogP) is 3.36. The summed E-state index contributed by atoms with van der Waals surface area (Å²) in [6.07, 6.45) is 4.32. The molecule has 1 aliphatic heterocycles. The largest absolute Gasteiger partial charge is 0.351 e. The smallest absolute Gasteiger partial charge is 0.317 e. The van der Waals surface area contributed by atoms with Gasteiger partial charge < -0.3 is 15.5 Å². The molecule has 32 heavy (non-hydrogen) atoms. The topological polar surface area (TPSA) is 64.7 Å². The van der Waals surface area contributed by atoms with Crippen LogP contribution in [0.2, 0.25) is 0 Å². The lowest BCUT2D eigenvalue weighted by Gasteiger charge is -2.36. The van der Waals surface area contributed by atoms with Gasteiger partial charge in [0.1, 0.15) is 0 Å². The van der Waals surface area contributed by atoms with Crippen molar-refractivity contribution in [2.45, 2.75) is 44.2 Å². The lowest BCUT2D eigenvalue weighted by molar-refractivity contribution is -0.122. The van der Waals surface area contributed by atoms with Crippen LogP contribution in [0.25, 0.3) is 0 Å². The molecule has 0 atom stereocenters. The van der Waals surface area contributed by atoms with E-state index >= 15 is 0 Å². The second-order valence-electron chi connectivity index (χ2n) is 8.93. The highest BCUT2D eigenvalue weighted by molar-refractivity contribution is 5.78. The molecule has 1 heterocycles. The first-order chi connectivity index (χ1) is 15.7. The second kappa shape index (κ2) is 11.1. The third-order valence-corrected chi connectivity index (χ3v) is 6.68. The van der Waals surface area contributed by atoms with Gasteiger partial charge in [-0.3, -0.25) is 9.69 Å². The summed E-state index contributed by atoms with van der Waals surface area (Å²) >= 11 is 0. The predicted molar refractivity (Wildman–Crippen MR) is 126 cm³/mol. The first kappa shape index (κ1) is 22.3. The summed E-state index contributed by atoms with van der Waals surface area (Å²) < 4.78 is 0. The zero-order valence-electron chi connectivity index (χ0n) is 18.7. The molecule has 1 aliphatic carbocycles. The number of hydrogen-bond donors (Lipinski definition) is 2. The van der Waals surface area contributed by atoms with Gasteiger partial charge in [0, 0.05) is 38.8 Å². The Hall–Kier alpha value is -2.86. The van der Waals surface area contributed by atoms with Crippen LogP contribution in [0.4, 0.5) is 4.79 Å². The Bertz CT molecular complexity index is 858. The van der Waals surface area contributed by atoms with E-state index in [1.165, 1.54) is 5.56 Å². The number of nitrogens with zero attached hydrogens (tertiary/aromatic N) is 2. The van der Waals surface area contributed by atoms with Crippen LogP contribution < -0.4 is 10.6 Å². The molecule has 1 saturated carbocycles. The van der Waals surface area contributed by atoms with Gasteiger partial charge in [-0.15, -0.1) is 0 Å². The Morgan fingerprint density at radius 3 is 2.09 bits per heavy atom. The molecule has 2 fully saturated rings. The summed E-state index contributed by atoms with van der Waals surface area (Å²) in [5.74, 6) is 0.642. The number of piperazine rings is 1. The van der Waals surface area contributed by atoms with Gasteiger partial charge in [0.05, 0.1) is 6.54 Å². The summed E-state index contributed by atoms with van der Waals surface area (Å²) in [5, 5.41) is 6.22. The third-order valence-electron chi connectivity index (χ3n) is 6.68. The Balaban J connectivity index is 1.13. The Labute approximate surface area is 191 Å². The maximum Gasteiger partial charge on any atom is 0.317 e. The number of benzene rings is 2. The van der Waals surface area contributed by atoms with Crippen molar-refractivity contribution < 1.29 is 9.59 Å². The maximum atomic E-state index is 12.7. The minimum Gasteiger partial charge on any atom is -0.351 e. The van der Waals surface area contributed by atoms with Crippen molar-refractivity contribution in [2.24, 2.45) is 0 Å². The zero-order chi connectivity index (χ0) is 22.2. The first-order valence-corrected chi connectivity index (χ1v) is 11.8. The molecule has 0 aromatic heterocycles. The van der Waals surface area contributed by atoms with Gasteiger partial charge in [0.2, 0.25) is 5.91 Å². The van der Waals surface area contributed by atoms with E-state index in [2.05, 4.69) is 45.9 Å². The summed E-state index contributed by atoms with van der Waals surface area (Å²) in [4.78, 5) is 29.0. The second-order valence-corrected chi connectivity index (χ2v) is 8.93. The van der Waals surface area contributed by atoms with Crippen molar-refractivity contribution in [1.29, 1.82) is 0 Å². The number of amides is 3. The summed E-state index contributed by atoms with van der Waals surface area (Å²) in [6.45, 7) is 3.72. The van der Waals surface area contributed by atoms with Gasteiger partial charge >= 0.3 is 6.03 Å². The van der Waals surface area contributed by atoms with Crippen LogP contribution in [0.15, 0.2) is 60.7 Å². The van der Waals surface area contributed by atoms with Gasteiger partial charge in [0.25, 0.3) is 0 Å². The normalized spacial score (nSPS) is 21.7. The minimum atomic E-state index is 0.0296. The van der Waals surface area contributed by atoms with E-state index in [4.69, 9.17) is 0 Å². The highest BCUT2D eigenvalue weighted by atomic mass is 16.2. The average Bonchev–Trinajstić information content (AvgIpc) is 2.85. The molecule has 2 aromatic carbocycles. The monoisotopic (exact) mass is 434 g/mol. The molecule has 0 spiro atoms. The van der Waals surface area contributed by atoms with Gasteiger partial charge in [-0.25, -0.2) is 4.79 Å². The van der Waals surface area contributed by atoms with E-state index in [1.54, 1.807) is 0 Å². The van der Waals surface area contributed by atoms with Crippen molar-refractivity contribution in [2.75, 3.05) is 32.7 Å². The number of carbonyl (C=O) groups excluding carboxylic acids is 2. The van der Waals surface area contributed by atoms with E-state index in [0.717, 1.165) is 44.3 Å². The SMILES string of the molecule is O=C(CN1CCN(C(=O)NC2CCC(c3ccccc3)CC2)CC1)NCc1ccccc1. The fraction of sp³-hybridized carbons (Fsp3) is 0.462. The summed E-state index contributed by atoms with van der Waals surface area (Å²) in [6, 6.07) is 20.9. The molecule has 3 amide bonds. The number of urea groups is 1. The molecule has 0 bridgehead atoms. The van der Waals surface area contributed by atoms with Crippen molar-refractivity contribution >= 4 is 11.9 Å². The van der Waals surface area contributed by atoms with Crippen LogP contribution in [0, 0.1) is 0 Å². The molecule has 1 saturated heterocycles. The zero-order valence-corrected chi connectivity index (χ0v) is 18.7. The molecule has 170 valence electrons. The van der Waals surface area contributed by atoms with Crippen LogP contribution in [-0.4, -0.2) is 60.5 Å². The van der Waals surface area contributed by atoms with Gasteiger partial charge in [-0.05, 0) is 42.7 Å². The van der Waals surface area contributed by atoms with Crippen LogP contribution >= 0.6 is 0 Å². The molecule has 2 N–H and O–H groups in total. The van der Waals surface area contributed by atoms with Crippen molar-refractivity contribution in [3.63, 3.8) is 0 Å². The fourth-order valence-electron chi connectivity index (χ4n) is 4.73. The van der Waals surface area contributed by atoms with Gasteiger partial charge in [0.15, 0.2) is 0 Å². The number of nitrogens with one attached hydrogen (secondary N) is 2. The standard InChI is InChI=1S/C26H34N4O2/c31-25(27-19-21-7-3-1-4-8-21)20-29-15-17-30(18-16-29)26(32)28-24-13-11-23(12-14-24)22-9-5-2-6-10-22/h1-10,23-24H,11-20H2,(H,27,31)(H,28,32). The molecule has 4 rings (SSSR count). The number of carbonyl (C=O) groups is 2. The van der Waals surface area contributed by atoms with Gasteiger partial charge in [-0.2, -0.15) is 0 Å². The molecular weight excluding hydrogens is 400 g/mol. The minimum absolute atomic E-state index is 0.0296. The average molecular weight is 435 g/mol. The Morgan fingerprint density at radius 2 is 1.44 bits per heavy atom. The molecular formula is C26H34N4O2. The van der Waals surface area contributed by atoms with Crippen LogP contribution in [0.5, 0.6) is 0 Å². The van der Waals surface area contributed by atoms with Crippen LogP contribution in [0.1, 0.15) is 42.7 Å². The van der Waals surface area contributed by atoms with E-state index in [1.807, 2.05) is 35.2 Å². The molecule has 2 aliphatic rings. The lowest BCUT2D eigenvalue weighted by atomic mass is 9.82. The van der Waals surface area contributed by atoms with E-state index in [9.17, 15) is 9.59 Å².